The fraction of sp³-hybridized carbons (Fsp3) is 0.500. The molecule has 2 atom stereocenters. The van der Waals surface area contributed by atoms with Gasteiger partial charge in [-0.15, -0.1) is 0 Å². The Hall–Kier alpha value is -0.350. The second-order valence-electron chi connectivity index (χ2n) is 3.70. The van der Waals surface area contributed by atoms with Gasteiger partial charge >= 0.3 is 0 Å². The molecule has 1 saturated heterocycles. The Morgan fingerprint density at radius 2 is 2.27 bits per heavy atom. The van der Waals surface area contributed by atoms with Crippen LogP contribution in [-0.2, 0) is 0 Å². The highest BCUT2D eigenvalue weighted by Gasteiger charge is 2.26. The minimum Gasteiger partial charge on any atom is -0.392 e. The van der Waals surface area contributed by atoms with Crippen LogP contribution < -0.4 is 5.32 Å². The first-order valence-electron chi connectivity index (χ1n) is 4.88. The lowest BCUT2D eigenvalue weighted by atomic mass is 9.90. The molecule has 0 aromatic carbocycles. The Morgan fingerprint density at radius 1 is 1.47 bits per heavy atom. The summed E-state index contributed by atoms with van der Waals surface area (Å²) in [4.78, 5) is 3.98. The van der Waals surface area contributed by atoms with Crippen molar-refractivity contribution in [2.75, 3.05) is 13.1 Å². The van der Waals surface area contributed by atoms with Crippen LogP contribution in [0.4, 0.5) is 0 Å². The highest BCUT2D eigenvalue weighted by Crippen LogP contribution is 2.30. The van der Waals surface area contributed by atoms with Crippen molar-refractivity contribution in [3.05, 3.63) is 28.0 Å². The van der Waals surface area contributed by atoms with E-state index < -0.39 is 0 Å². The Balaban J connectivity index is 2.30. The molecule has 1 aliphatic rings. The molecule has 0 aliphatic carbocycles. The standard InChI is InChI=1S/C10H12Cl2N2O/c11-6-3-7(10(12)14-4-6)8-5-13-2-1-9(8)15/h3-4,8-9,13,15H,1-2,5H2. The normalized spacial score (nSPS) is 26.6. The highest BCUT2D eigenvalue weighted by molar-refractivity contribution is 6.32. The number of aliphatic hydroxyl groups excluding tert-OH is 1. The van der Waals surface area contributed by atoms with Crippen LogP contribution in [-0.4, -0.2) is 29.3 Å². The number of piperidine rings is 1. The van der Waals surface area contributed by atoms with E-state index >= 15 is 0 Å². The third-order valence-corrected chi connectivity index (χ3v) is 3.20. The predicted octanol–water partition coefficient (Wildman–Crippen LogP) is 1.83. The van der Waals surface area contributed by atoms with Crippen LogP contribution in [0.1, 0.15) is 17.9 Å². The fourth-order valence-corrected chi connectivity index (χ4v) is 2.27. The molecular formula is C10H12Cl2N2O. The van der Waals surface area contributed by atoms with Gasteiger partial charge < -0.3 is 10.4 Å². The molecule has 82 valence electrons. The smallest absolute Gasteiger partial charge is 0.132 e. The van der Waals surface area contributed by atoms with Crippen molar-refractivity contribution in [2.45, 2.75) is 18.4 Å². The number of halogens is 2. The maximum Gasteiger partial charge on any atom is 0.132 e. The van der Waals surface area contributed by atoms with Gasteiger partial charge in [-0.3, -0.25) is 0 Å². The number of nitrogens with zero attached hydrogens (tertiary/aromatic N) is 1. The van der Waals surface area contributed by atoms with Gasteiger partial charge in [0.05, 0.1) is 11.1 Å². The molecule has 0 amide bonds. The van der Waals surface area contributed by atoms with Gasteiger partial charge in [-0.25, -0.2) is 4.98 Å². The van der Waals surface area contributed by atoms with Crippen LogP contribution in [0.15, 0.2) is 12.3 Å². The molecule has 2 rings (SSSR count). The quantitative estimate of drug-likeness (QED) is 0.744. The van der Waals surface area contributed by atoms with Crippen molar-refractivity contribution in [3.63, 3.8) is 0 Å². The molecule has 1 fully saturated rings. The summed E-state index contributed by atoms with van der Waals surface area (Å²) in [6, 6.07) is 1.78. The molecule has 1 aromatic heterocycles. The summed E-state index contributed by atoms with van der Waals surface area (Å²) in [5, 5.41) is 14.1. The molecule has 0 radical (unpaired) electrons. The van der Waals surface area contributed by atoms with Crippen LogP contribution in [0.3, 0.4) is 0 Å². The zero-order valence-corrected chi connectivity index (χ0v) is 9.59. The average Bonchev–Trinajstić information content (AvgIpc) is 2.23. The van der Waals surface area contributed by atoms with Crippen molar-refractivity contribution in [1.82, 2.24) is 10.3 Å². The van der Waals surface area contributed by atoms with Crippen LogP contribution in [0.5, 0.6) is 0 Å². The van der Waals surface area contributed by atoms with E-state index in [-0.39, 0.29) is 12.0 Å². The zero-order valence-electron chi connectivity index (χ0n) is 8.08. The molecule has 2 heterocycles. The molecule has 1 aliphatic heterocycles. The predicted molar refractivity (Wildman–Crippen MR) is 60.5 cm³/mol. The van der Waals surface area contributed by atoms with Gasteiger partial charge in [0.1, 0.15) is 5.15 Å². The number of aliphatic hydroxyl groups is 1. The molecule has 0 bridgehead atoms. The van der Waals surface area contributed by atoms with Gasteiger partial charge in [0.2, 0.25) is 0 Å². The number of hydrogen-bond donors (Lipinski definition) is 2. The average molecular weight is 247 g/mol. The summed E-state index contributed by atoms with van der Waals surface area (Å²) >= 11 is 11.8. The molecule has 15 heavy (non-hydrogen) atoms. The van der Waals surface area contributed by atoms with Crippen molar-refractivity contribution in [3.8, 4) is 0 Å². The number of aromatic nitrogens is 1. The molecule has 1 aromatic rings. The number of hydrogen-bond acceptors (Lipinski definition) is 3. The van der Waals surface area contributed by atoms with Crippen molar-refractivity contribution in [2.24, 2.45) is 0 Å². The lowest BCUT2D eigenvalue weighted by Crippen LogP contribution is -2.38. The minimum absolute atomic E-state index is 0.0163. The van der Waals surface area contributed by atoms with Gasteiger partial charge in [-0.1, -0.05) is 23.2 Å². The van der Waals surface area contributed by atoms with E-state index in [0.29, 0.717) is 16.7 Å². The summed E-state index contributed by atoms with van der Waals surface area (Å²) in [7, 11) is 0. The third kappa shape index (κ3) is 2.42. The SMILES string of the molecule is OC1CCNCC1c1cc(Cl)cnc1Cl. The lowest BCUT2D eigenvalue weighted by Gasteiger charge is -2.29. The van der Waals surface area contributed by atoms with Crippen LogP contribution >= 0.6 is 23.2 Å². The number of pyridine rings is 1. The third-order valence-electron chi connectivity index (χ3n) is 2.68. The summed E-state index contributed by atoms with van der Waals surface area (Å²) < 4.78 is 0. The van der Waals surface area contributed by atoms with Crippen molar-refractivity contribution >= 4 is 23.2 Å². The van der Waals surface area contributed by atoms with Crippen LogP contribution in [0.25, 0.3) is 0 Å². The fourth-order valence-electron chi connectivity index (χ4n) is 1.86. The molecule has 3 nitrogen and oxygen atoms in total. The first-order chi connectivity index (χ1) is 7.18. The van der Waals surface area contributed by atoms with Crippen LogP contribution in [0, 0.1) is 0 Å². The Kier molecular flexibility index (Phi) is 3.46. The number of rotatable bonds is 1. The largest absolute Gasteiger partial charge is 0.392 e. The van der Waals surface area contributed by atoms with E-state index in [1.54, 1.807) is 6.07 Å². The second kappa shape index (κ2) is 4.66. The van der Waals surface area contributed by atoms with Crippen LogP contribution in [0.2, 0.25) is 10.2 Å². The molecule has 2 N–H and O–H groups in total. The monoisotopic (exact) mass is 246 g/mol. The van der Waals surface area contributed by atoms with Gasteiger partial charge in [-0.05, 0) is 24.6 Å². The summed E-state index contributed by atoms with van der Waals surface area (Å²) in [6.07, 6.45) is 1.87. The van der Waals surface area contributed by atoms with Gasteiger partial charge in [0.15, 0.2) is 0 Å². The molecule has 2 unspecified atom stereocenters. The van der Waals surface area contributed by atoms with Crippen molar-refractivity contribution < 1.29 is 5.11 Å². The van der Waals surface area contributed by atoms with E-state index in [9.17, 15) is 5.11 Å². The molecule has 0 saturated carbocycles. The van der Waals surface area contributed by atoms with E-state index in [1.807, 2.05) is 0 Å². The second-order valence-corrected chi connectivity index (χ2v) is 4.49. The topological polar surface area (TPSA) is 45.1 Å². The minimum atomic E-state index is -0.371. The molecular weight excluding hydrogens is 235 g/mol. The maximum absolute atomic E-state index is 9.87. The van der Waals surface area contributed by atoms with E-state index in [0.717, 1.165) is 18.5 Å². The van der Waals surface area contributed by atoms with E-state index in [4.69, 9.17) is 23.2 Å². The maximum atomic E-state index is 9.87. The number of nitrogens with one attached hydrogen (secondary N) is 1. The lowest BCUT2D eigenvalue weighted by molar-refractivity contribution is 0.114. The Bertz CT molecular complexity index is 359. The zero-order chi connectivity index (χ0) is 10.8. The summed E-state index contributed by atoms with van der Waals surface area (Å²) in [6.45, 7) is 1.55. The molecule has 5 heteroatoms. The van der Waals surface area contributed by atoms with Gasteiger partial charge in [-0.2, -0.15) is 0 Å². The first kappa shape index (κ1) is 11.1. The highest BCUT2D eigenvalue weighted by atomic mass is 35.5. The Labute approximate surface area is 98.4 Å². The molecule has 0 spiro atoms. The van der Waals surface area contributed by atoms with E-state index in [2.05, 4.69) is 10.3 Å². The van der Waals surface area contributed by atoms with Gasteiger partial charge in [0, 0.05) is 18.7 Å². The van der Waals surface area contributed by atoms with Gasteiger partial charge in [0.25, 0.3) is 0 Å². The first-order valence-corrected chi connectivity index (χ1v) is 5.64. The van der Waals surface area contributed by atoms with Crippen molar-refractivity contribution in [1.29, 1.82) is 0 Å². The Morgan fingerprint density at radius 3 is 3.00 bits per heavy atom. The summed E-state index contributed by atoms with van der Waals surface area (Å²) in [5.74, 6) is -0.0163. The van der Waals surface area contributed by atoms with E-state index in [1.165, 1.54) is 6.20 Å². The summed E-state index contributed by atoms with van der Waals surface area (Å²) in [5.41, 5.74) is 0.823.